The van der Waals surface area contributed by atoms with E-state index in [0.29, 0.717) is 42.5 Å². The van der Waals surface area contributed by atoms with Crippen LogP contribution < -0.4 is 10.2 Å². The largest absolute Gasteiger partial charge is 0.352 e. The lowest BCUT2D eigenvalue weighted by atomic mass is 10.2. The van der Waals surface area contributed by atoms with Crippen molar-refractivity contribution in [2.45, 2.75) is 6.54 Å². The third-order valence-corrected chi connectivity index (χ3v) is 4.07. The highest BCUT2D eigenvalue weighted by Gasteiger charge is 2.20. The topological polar surface area (TPSA) is 45.2 Å². The molecule has 0 saturated carbocycles. The number of rotatable bonds is 3. The molecule has 6 heteroatoms. The molecule has 0 unspecified atom stereocenters. The van der Waals surface area contributed by atoms with Gasteiger partial charge in [0.1, 0.15) is 0 Å². The van der Waals surface area contributed by atoms with E-state index in [0.717, 1.165) is 0 Å². The number of halogens is 1. The minimum Gasteiger partial charge on any atom is -0.352 e. The highest BCUT2D eigenvalue weighted by Crippen LogP contribution is 2.20. The summed E-state index contributed by atoms with van der Waals surface area (Å²) in [5.41, 5.74) is 0.615. The number of pyridine rings is 1. The van der Waals surface area contributed by atoms with Gasteiger partial charge in [-0.3, -0.25) is 4.21 Å². The minimum absolute atomic E-state index is 0.269. The number of hydrogen-bond acceptors (Lipinski definition) is 4. The Morgan fingerprint density at radius 1 is 1.53 bits per heavy atom. The first-order valence-electron chi connectivity index (χ1n) is 5.60. The molecule has 0 amide bonds. The van der Waals surface area contributed by atoms with E-state index in [1.807, 2.05) is 4.90 Å². The van der Waals surface area contributed by atoms with Crippen LogP contribution in [0.4, 0.5) is 10.2 Å². The lowest BCUT2D eigenvalue weighted by Crippen LogP contribution is -2.38. The summed E-state index contributed by atoms with van der Waals surface area (Å²) in [5.74, 6) is 1.30. The Labute approximate surface area is 103 Å². The van der Waals surface area contributed by atoms with Gasteiger partial charge in [-0.1, -0.05) is 0 Å². The molecule has 1 fully saturated rings. The summed E-state index contributed by atoms with van der Waals surface area (Å²) in [6, 6.07) is 1.68. The summed E-state index contributed by atoms with van der Waals surface area (Å²) in [6.07, 6.45) is 1.62. The van der Waals surface area contributed by atoms with Gasteiger partial charge in [0, 0.05) is 53.7 Å². The second-order valence-corrected chi connectivity index (χ2v) is 5.67. The Morgan fingerprint density at radius 3 is 2.88 bits per heavy atom. The third-order valence-electron chi connectivity index (χ3n) is 2.80. The van der Waals surface area contributed by atoms with E-state index < -0.39 is 10.8 Å². The van der Waals surface area contributed by atoms with Crippen LogP contribution in [0.2, 0.25) is 0 Å². The van der Waals surface area contributed by atoms with E-state index in [-0.39, 0.29) is 5.82 Å². The molecule has 1 aromatic heterocycles. The minimum atomic E-state index is -0.754. The lowest BCUT2D eigenvalue weighted by molar-refractivity contribution is 0.585. The van der Waals surface area contributed by atoms with E-state index >= 15 is 0 Å². The normalized spacial score (nSPS) is 17.4. The quantitative estimate of drug-likeness (QED) is 0.857. The van der Waals surface area contributed by atoms with E-state index in [2.05, 4.69) is 10.3 Å². The predicted molar refractivity (Wildman–Crippen MR) is 67.0 cm³/mol. The highest BCUT2D eigenvalue weighted by atomic mass is 32.2. The summed E-state index contributed by atoms with van der Waals surface area (Å²) in [6.45, 7) is 1.71. The Balaban J connectivity index is 2.20. The SMILES string of the molecule is CNCc1ccnc(N2CCS(=O)CC2)c1F. The van der Waals surface area contributed by atoms with Gasteiger partial charge in [0.05, 0.1) is 0 Å². The molecule has 0 bridgehead atoms. The summed E-state index contributed by atoms with van der Waals surface area (Å²) in [7, 11) is 1.03. The van der Waals surface area contributed by atoms with E-state index in [1.54, 1.807) is 19.3 Å². The van der Waals surface area contributed by atoms with Crippen LogP contribution in [-0.2, 0) is 17.3 Å². The molecule has 1 saturated heterocycles. The summed E-state index contributed by atoms with van der Waals surface area (Å²) >= 11 is 0. The van der Waals surface area contributed by atoms with Crippen molar-refractivity contribution in [1.29, 1.82) is 0 Å². The Bertz CT molecular complexity index is 417. The Kier molecular flexibility index (Phi) is 4.06. The van der Waals surface area contributed by atoms with Gasteiger partial charge in [-0.15, -0.1) is 0 Å². The number of anilines is 1. The van der Waals surface area contributed by atoms with Crippen molar-refractivity contribution in [3.63, 3.8) is 0 Å². The van der Waals surface area contributed by atoms with E-state index in [4.69, 9.17) is 0 Å². The third kappa shape index (κ3) is 2.81. The fourth-order valence-electron chi connectivity index (χ4n) is 1.87. The van der Waals surface area contributed by atoms with Gasteiger partial charge in [0.15, 0.2) is 11.6 Å². The summed E-state index contributed by atoms with van der Waals surface area (Å²) in [4.78, 5) is 5.97. The Morgan fingerprint density at radius 2 is 2.24 bits per heavy atom. The van der Waals surface area contributed by atoms with Crippen molar-refractivity contribution < 1.29 is 8.60 Å². The summed E-state index contributed by atoms with van der Waals surface area (Å²) < 4.78 is 25.4. The van der Waals surface area contributed by atoms with E-state index in [1.165, 1.54) is 0 Å². The van der Waals surface area contributed by atoms with Gasteiger partial charge in [0.25, 0.3) is 0 Å². The zero-order chi connectivity index (χ0) is 12.3. The molecule has 0 radical (unpaired) electrons. The van der Waals surface area contributed by atoms with Crippen molar-refractivity contribution in [3.8, 4) is 0 Å². The first kappa shape index (κ1) is 12.4. The van der Waals surface area contributed by atoms with E-state index in [9.17, 15) is 8.60 Å². The zero-order valence-electron chi connectivity index (χ0n) is 9.78. The molecule has 0 spiro atoms. The van der Waals surface area contributed by atoms with Gasteiger partial charge < -0.3 is 10.2 Å². The van der Waals surface area contributed by atoms with Crippen LogP contribution >= 0.6 is 0 Å². The second kappa shape index (κ2) is 5.55. The van der Waals surface area contributed by atoms with Gasteiger partial charge in [-0.25, -0.2) is 9.37 Å². The molecule has 2 rings (SSSR count). The molecule has 0 atom stereocenters. The van der Waals surface area contributed by atoms with Gasteiger partial charge in [-0.05, 0) is 13.1 Å². The molecule has 4 nitrogen and oxygen atoms in total. The van der Waals surface area contributed by atoms with Crippen LogP contribution in [0.3, 0.4) is 0 Å². The van der Waals surface area contributed by atoms with Gasteiger partial charge in [-0.2, -0.15) is 0 Å². The second-order valence-electron chi connectivity index (χ2n) is 3.97. The molecular weight excluding hydrogens is 241 g/mol. The van der Waals surface area contributed by atoms with Crippen molar-refractivity contribution in [1.82, 2.24) is 10.3 Å². The maximum Gasteiger partial charge on any atom is 0.170 e. The molecule has 2 heterocycles. The fourth-order valence-corrected chi connectivity index (χ4v) is 2.92. The van der Waals surface area contributed by atoms with Crippen LogP contribution in [0.15, 0.2) is 12.3 Å². The first-order chi connectivity index (χ1) is 8.22. The van der Waals surface area contributed by atoms with Crippen molar-refractivity contribution in [2.24, 2.45) is 0 Å². The molecule has 94 valence electrons. The summed E-state index contributed by atoms with van der Waals surface area (Å²) in [5, 5.41) is 2.93. The Hall–Kier alpha value is -1.01. The van der Waals surface area contributed by atoms with Crippen molar-refractivity contribution in [3.05, 3.63) is 23.6 Å². The number of nitrogens with one attached hydrogen (secondary N) is 1. The standard InChI is InChI=1S/C11H16FN3OS/c1-13-8-9-2-3-14-11(10(9)12)15-4-6-17(16)7-5-15/h2-3,13H,4-8H2,1H3. The maximum atomic E-state index is 14.1. The average molecular weight is 257 g/mol. The molecule has 0 aliphatic carbocycles. The molecular formula is C11H16FN3OS. The smallest absolute Gasteiger partial charge is 0.170 e. The number of aromatic nitrogens is 1. The zero-order valence-corrected chi connectivity index (χ0v) is 10.6. The van der Waals surface area contributed by atoms with Crippen LogP contribution in [0.5, 0.6) is 0 Å². The van der Waals surface area contributed by atoms with Crippen molar-refractivity contribution >= 4 is 16.6 Å². The highest BCUT2D eigenvalue weighted by molar-refractivity contribution is 7.85. The predicted octanol–water partition coefficient (Wildman–Crippen LogP) is 0.509. The molecule has 1 aliphatic rings. The lowest BCUT2D eigenvalue weighted by Gasteiger charge is -2.28. The van der Waals surface area contributed by atoms with Crippen LogP contribution in [-0.4, -0.2) is 40.8 Å². The van der Waals surface area contributed by atoms with Gasteiger partial charge in [0.2, 0.25) is 0 Å². The molecule has 1 aliphatic heterocycles. The van der Waals surface area contributed by atoms with Crippen LogP contribution in [0, 0.1) is 5.82 Å². The van der Waals surface area contributed by atoms with Crippen LogP contribution in [0.25, 0.3) is 0 Å². The molecule has 0 aromatic carbocycles. The van der Waals surface area contributed by atoms with Gasteiger partial charge >= 0.3 is 0 Å². The molecule has 17 heavy (non-hydrogen) atoms. The van der Waals surface area contributed by atoms with Crippen LogP contribution in [0.1, 0.15) is 5.56 Å². The average Bonchev–Trinajstić information content (AvgIpc) is 2.34. The number of hydrogen-bond donors (Lipinski definition) is 1. The molecule has 1 aromatic rings. The fraction of sp³-hybridized carbons (Fsp3) is 0.545. The van der Waals surface area contributed by atoms with Crippen molar-refractivity contribution in [2.75, 3.05) is 36.5 Å². The first-order valence-corrected chi connectivity index (χ1v) is 7.09. The number of nitrogens with zero attached hydrogens (tertiary/aromatic N) is 2. The maximum absolute atomic E-state index is 14.1. The molecule has 1 N–H and O–H groups in total. The monoisotopic (exact) mass is 257 g/mol.